The van der Waals surface area contributed by atoms with Crippen LogP contribution in [0.2, 0.25) is 0 Å². The molecule has 1 aromatic heterocycles. The minimum Gasteiger partial charge on any atom is -0.507 e. The number of ketones is 1. The highest BCUT2D eigenvalue weighted by atomic mass is 79.9. The normalized spacial score (nSPS) is 17.9. The third-order valence-electron chi connectivity index (χ3n) is 5.58. The maximum Gasteiger partial charge on any atom is 0.300 e. The van der Waals surface area contributed by atoms with Crippen LogP contribution in [-0.4, -0.2) is 16.8 Å². The number of carbonyl (C=O) groups excluding carboxylic acids is 2. The summed E-state index contributed by atoms with van der Waals surface area (Å²) in [6.07, 6.45) is 0. The molecule has 1 amide bonds. The van der Waals surface area contributed by atoms with E-state index in [0.29, 0.717) is 22.8 Å². The molecule has 0 spiro atoms. The average Bonchev–Trinajstić information content (AvgIpc) is 3.33. The van der Waals surface area contributed by atoms with Crippen LogP contribution in [0.1, 0.15) is 23.1 Å². The third kappa shape index (κ3) is 3.33. The molecule has 1 unspecified atom stereocenters. The molecule has 4 aromatic rings. The Bertz CT molecular complexity index is 1420. The highest BCUT2D eigenvalue weighted by Crippen LogP contribution is 2.43. The van der Waals surface area contributed by atoms with Gasteiger partial charge >= 0.3 is 0 Å². The van der Waals surface area contributed by atoms with E-state index in [-0.39, 0.29) is 11.3 Å². The SMILES string of the molecule is Cc1ccc(C2/C(=C(/O)c3ccc4ccccc4c3)C(=O)C(=O)N2c2cccc(Br)c2)o1. The number of benzene rings is 3. The number of fused-ring (bicyclic) bond motifs is 1. The van der Waals surface area contributed by atoms with E-state index >= 15 is 0 Å². The van der Waals surface area contributed by atoms with Gasteiger partial charge in [0, 0.05) is 15.7 Å². The van der Waals surface area contributed by atoms with Gasteiger partial charge in [-0.25, -0.2) is 0 Å². The fourth-order valence-electron chi connectivity index (χ4n) is 4.09. The van der Waals surface area contributed by atoms with Gasteiger partial charge in [-0.05, 0) is 54.1 Å². The molecule has 1 fully saturated rings. The number of rotatable bonds is 3. The highest BCUT2D eigenvalue weighted by Gasteiger charge is 2.48. The van der Waals surface area contributed by atoms with Crippen LogP contribution in [0.4, 0.5) is 5.69 Å². The van der Waals surface area contributed by atoms with E-state index in [1.54, 1.807) is 43.3 Å². The molecule has 3 aromatic carbocycles. The molecule has 2 heterocycles. The number of aliphatic hydroxyl groups excluding tert-OH is 1. The standard InChI is InChI=1S/C26H18BrNO4/c1-15-9-12-21(32-15)23-22(24(29)18-11-10-16-5-2-3-6-17(16)13-18)25(30)26(31)28(23)20-8-4-7-19(27)14-20/h2-14,23,29H,1H3/b24-22-. The fraction of sp³-hybridized carbons (Fsp3) is 0.0769. The van der Waals surface area contributed by atoms with Crippen molar-refractivity contribution in [1.29, 1.82) is 0 Å². The number of carbonyl (C=O) groups is 2. The molecule has 5 nitrogen and oxygen atoms in total. The summed E-state index contributed by atoms with van der Waals surface area (Å²) in [6.45, 7) is 1.79. The van der Waals surface area contributed by atoms with Crippen LogP contribution in [0.25, 0.3) is 16.5 Å². The van der Waals surface area contributed by atoms with Gasteiger partial charge in [0.15, 0.2) is 0 Å². The van der Waals surface area contributed by atoms with Crippen molar-refractivity contribution in [1.82, 2.24) is 0 Å². The second-order valence-corrected chi connectivity index (χ2v) is 8.57. The van der Waals surface area contributed by atoms with Crippen LogP contribution in [0.5, 0.6) is 0 Å². The molecule has 158 valence electrons. The summed E-state index contributed by atoms with van der Waals surface area (Å²) < 4.78 is 6.59. The molecule has 1 atom stereocenters. The molecule has 1 saturated heterocycles. The zero-order valence-electron chi connectivity index (χ0n) is 17.1. The van der Waals surface area contributed by atoms with Crippen molar-refractivity contribution in [3.05, 3.63) is 106 Å². The second-order valence-electron chi connectivity index (χ2n) is 7.66. The lowest BCUT2D eigenvalue weighted by atomic mass is 9.97. The summed E-state index contributed by atoms with van der Waals surface area (Å²) in [6, 6.07) is 22.9. The first-order valence-corrected chi connectivity index (χ1v) is 10.9. The number of hydrogen-bond donors (Lipinski definition) is 1. The lowest BCUT2D eigenvalue weighted by molar-refractivity contribution is -0.132. The summed E-state index contributed by atoms with van der Waals surface area (Å²) in [4.78, 5) is 27.7. The third-order valence-corrected chi connectivity index (χ3v) is 6.08. The Morgan fingerprint density at radius 3 is 2.44 bits per heavy atom. The smallest absolute Gasteiger partial charge is 0.300 e. The van der Waals surface area contributed by atoms with Crippen molar-refractivity contribution in [3.63, 3.8) is 0 Å². The van der Waals surface area contributed by atoms with Crippen molar-refractivity contribution in [2.45, 2.75) is 13.0 Å². The van der Waals surface area contributed by atoms with Gasteiger partial charge in [-0.2, -0.15) is 0 Å². The fourth-order valence-corrected chi connectivity index (χ4v) is 4.47. The first kappa shape index (κ1) is 20.3. The number of hydrogen-bond acceptors (Lipinski definition) is 4. The largest absolute Gasteiger partial charge is 0.507 e. The van der Waals surface area contributed by atoms with Crippen LogP contribution >= 0.6 is 15.9 Å². The van der Waals surface area contributed by atoms with E-state index < -0.39 is 17.7 Å². The van der Waals surface area contributed by atoms with E-state index in [9.17, 15) is 14.7 Å². The molecule has 0 aliphatic carbocycles. The molecule has 6 heteroatoms. The number of aliphatic hydroxyl groups is 1. The van der Waals surface area contributed by atoms with Gasteiger partial charge in [-0.3, -0.25) is 14.5 Å². The minimum atomic E-state index is -0.885. The van der Waals surface area contributed by atoms with Crippen molar-refractivity contribution in [2.75, 3.05) is 4.90 Å². The maximum atomic E-state index is 13.2. The first-order chi connectivity index (χ1) is 15.4. The number of nitrogens with zero attached hydrogens (tertiary/aromatic N) is 1. The van der Waals surface area contributed by atoms with Crippen molar-refractivity contribution >= 4 is 49.8 Å². The number of anilines is 1. The summed E-state index contributed by atoms with van der Waals surface area (Å²) in [7, 11) is 0. The Labute approximate surface area is 192 Å². The van der Waals surface area contributed by atoms with Gasteiger partial charge in [-0.15, -0.1) is 0 Å². The quantitative estimate of drug-likeness (QED) is 0.214. The summed E-state index contributed by atoms with van der Waals surface area (Å²) >= 11 is 3.42. The Morgan fingerprint density at radius 1 is 0.938 bits per heavy atom. The predicted octanol–water partition coefficient (Wildman–Crippen LogP) is 6.13. The summed E-state index contributed by atoms with van der Waals surface area (Å²) in [5, 5.41) is 13.2. The summed E-state index contributed by atoms with van der Waals surface area (Å²) in [5.74, 6) is -0.653. The van der Waals surface area contributed by atoms with Gasteiger partial charge in [0.2, 0.25) is 0 Å². The van der Waals surface area contributed by atoms with E-state index in [1.807, 2.05) is 42.5 Å². The van der Waals surface area contributed by atoms with E-state index in [2.05, 4.69) is 15.9 Å². The van der Waals surface area contributed by atoms with Gasteiger partial charge in [0.1, 0.15) is 23.3 Å². The molecule has 5 rings (SSSR count). The number of amides is 1. The van der Waals surface area contributed by atoms with E-state index in [4.69, 9.17) is 4.42 Å². The van der Waals surface area contributed by atoms with E-state index in [0.717, 1.165) is 15.2 Å². The molecular weight excluding hydrogens is 470 g/mol. The Hall–Kier alpha value is -3.64. The maximum absolute atomic E-state index is 13.2. The first-order valence-electron chi connectivity index (χ1n) is 10.1. The van der Waals surface area contributed by atoms with Crippen LogP contribution in [0.15, 0.2) is 93.3 Å². The van der Waals surface area contributed by atoms with Crippen LogP contribution in [0, 0.1) is 6.92 Å². The number of furan rings is 1. The average molecular weight is 488 g/mol. The Morgan fingerprint density at radius 2 is 1.72 bits per heavy atom. The number of Topliss-reactive ketones (excluding diaryl/α,β-unsaturated/α-hetero) is 1. The molecule has 1 aliphatic heterocycles. The molecule has 0 radical (unpaired) electrons. The van der Waals surface area contributed by atoms with Crippen LogP contribution in [-0.2, 0) is 9.59 Å². The zero-order valence-corrected chi connectivity index (χ0v) is 18.7. The Balaban J connectivity index is 1.73. The lowest BCUT2D eigenvalue weighted by Gasteiger charge is -2.23. The lowest BCUT2D eigenvalue weighted by Crippen LogP contribution is -2.29. The number of halogens is 1. The van der Waals surface area contributed by atoms with Gasteiger partial charge in [0.25, 0.3) is 11.7 Å². The monoisotopic (exact) mass is 487 g/mol. The second kappa shape index (κ2) is 7.80. The van der Waals surface area contributed by atoms with Gasteiger partial charge in [-0.1, -0.05) is 58.4 Å². The molecule has 32 heavy (non-hydrogen) atoms. The van der Waals surface area contributed by atoms with E-state index in [1.165, 1.54) is 4.90 Å². The molecule has 1 aliphatic rings. The highest BCUT2D eigenvalue weighted by molar-refractivity contribution is 9.10. The van der Waals surface area contributed by atoms with Gasteiger partial charge in [0.05, 0.1) is 5.57 Å². The van der Waals surface area contributed by atoms with Crippen molar-refractivity contribution in [3.8, 4) is 0 Å². The number of aryl methyl sites for hydroxylation is 1. The zero-order chi connectivity index (χ0) is 22.4. The van der Waals surface area contributed by atoms with Crippen LogP contribution in [0.3, 0.4) is 0 Å². The van der Waals surface area contributed by atoms with Gasteiger partial charge < -0.3 is 9.52 Å². The predicted molar refractivity (Wildman–Crippen MR) is 126 cm³/mol. The summed E-state index contributed by atoms with van der Waals surface area (Å²) in [5.41, 5.74) is 0.988. The minimum absolute atomic E-state index is 0.000364. The van der Waals surface area contributed by atoms with Crippen molar-refractivity contribution < 1.29 is 19.1 Å². The molecule has 1 N–H and O–H groups in total. The Kier molecular flexibility index (Phi) is 4.94. The molecule has 0 bridgehead atoms. The van der Waals surface area contributed by atoms with Crippen molar-refractivity contribution in [2.24, 2.45) is 0 Å². The van der Waals surface area contributed by atoms with Crippen LogP contribution < -0.4 is 4.90 Å². The topological polar surface area (TPSA) is 70.8 Å². The molecular formula is C26H18BrNO4. The molecule has 0 saturated carbocycles.